The molecule has 9 nitrogen and oxygen atoms in total. The second-order valence-electron chi connectivity index (χ2n) is 13.2. The molecule has 0 bridgehead atoms. The van der Waals surface area contributed by atoms with Gasteiger partial charge >= 0.3 is 7.82 Å². The molecule has 0 fully saturated rings. The van der Waals surface area contributed by atoms with Crippen molar-refractivity contribution in [3.8, 4) is 11.8 Å². The smallest absolute Gasteiger partial charge is 0.404 e. The first-order valence-corrected chi connectivity index (χ1v) is 20.8. The number of nitrogens with zero attached hydrogens (tertiary/aromatic N) is 3. The van der Waals surface area contributed by atoms with Crippen LogP contribution in [0.5, 0.6) is 5.75 Å². The van der Waals surface area contributed by atoms with E-state index < -0.39 is 7.82 Å². The van der Waals surface area contributed by atoms with Gasteiger partial charge in [-0.05, 0) is 66.9 Å². The highest BCUT2D eigenvalue weighted by Gasteiger charge is 2.28. The molecule has 12 heteroatoms. The highest BCUT2D eigenvalue weighted by molar-refractivity contribution is 7.48. The van der Waals surface area contributed by atoms with Gasteiger partial charge in [-0.15, -0.1) is 0 Å². The number of halogens is 2. The summed E-state index contributed by atoms with van der Waals surface area (Å²) in [5, 5.41) is 15.4. The summed E-state index contributed by atoms with van der Waals surface area (Å²) in [7, 11) is -3.86. The zero-order valence-corrected chi connectivity index (χ0v) is 32.6. The lowest BCUT2D eigenvalue weighted by Gasteiger charge is -2.18. The van der Waals surface area contributed by atoms with E-state index in [1.165, 1.54) is 19.3 Å². The zero-order valence-electron chi connectivity index (χ0n) is 30.2. The van der Waals surface area contributed by atoms with E-state index in [9.17, 15) is 9.36 Å². The van der Waals surface area contributed by atoms with Gasteiger partial charge in [-0.25, -0.2) is 4.57 Å². The summed E-state index contributed by atoms with van der Waals surface area (Å²) in [6, 6.07) is 24.9. The third kappa shape index (κ3) is 12.9. The van der Waals surface area contributed by atoms with Gasteiger partial charge in [-0.3, -0.25) is 13.8 Å². The predicted molar refractivity (Wildman–Crippen MR) is 214 cm³/mol. The molecule has 1 atom stereocenters. The van der Waals surface area contributed by atoms with E-state index in [-0.39, 0.29) is 25.5 Å². The molecule has 2 heterocycles. The first-order chi connectivity index (χ1) is 25.8. The molecule has 1 amide bonds. The van der Waals surface area contributed by atoms with Crippen molar-refractivity contribution in [3.63, 3.8) is 0 Å². The molecule has 1 unspecified atom stereocenters. The first kappa shape index (κ1) is 40.4. The van der Waals surface area contributed by atoms with Crippen molar-refractivity contribution >= 4 is 58.7 Å². The highest BCUT2D eigenvalue weighted by Crippen LogP contribution is 2.50. The standard InChI is InChI=1S/C41H49Cl2N4O5P/c42-35-15-13-16-37(31-35)52-53(49,51-28-14-22-44)50-27-12-8-6-4-2-1-3-5-7-11-23-45-41(48)30-34-32-47(40-18-10-9-17-38(34)40)26-25-46-24-21-33-29-36(43)19-20-39(33)46/h9-10,13,15-21,24,29,31-32H,1-8,11-12,14,23,25-28,30H2,(H,45,48). The van der Waals surface area contributed by atoms with Gasteiger partial charge in [0.2, 0.25) is 5.91 Å². The Bertz CT molecular complexity index is 2010. The van der Waals surface area contributed by atoms with Crippen molar-refractivity contribution < 1.29 is 22.9 Å². The van der Waals surface area contributed by atoms with Crippen LogP contribution in [0.4, 0.5) is 0 Å². The molecule has 3 aromatic carbocycles. The number of phosphoric acid groups is 1. The molecule has 0 aliphatic heterocycles. The Morgan fingerprint density at radius 1 is 0.755 bits per heavy atom. The van der Waals surface area contributed by atoms with E-state index >= 15 is 0 Å². The number of amides is 1. The van der Waals surface area contributed by atoms with Crippen LogP contribution in [-0.2, 0) is 37.9 Å². The third-order valence-electron chi connectivity index (χ3n) is 9.16. The maximum absolute atomic E-state index is 13.1. The zero-order chi connectivity index (χ0) is 37.3. The Morgan fingerprint density at radius 2 is 1.45 bits per heavy atom. The van der Waals surface area contributed by atoms with Crippen LogP contribution in [0, 0.1) is 11.3 Å². The van der Waals surface area contributed by atoms with Crippen molar-refractivity contribution in [2.45, 2.75) is 90.1 Å². The number of phosphoric ester groups is 1. The molecular formula is C41H49Cl2N4O5P. The fourth-order valence-corrected chi connectivity index (χ4v) is 8.04. The van der Waals surface area contributed by atoms with E-state index in [4.69, 9.17) is 42.0 Å². The molecule has 0 aliphatic rings. The van der Waals surface area contributed by atoms with Crippen molar-refractivity contribution in [1.29, 1.82) is 5.26 Å². The Hall–Kier alpha value is -3.77. The van der Waals surface area contributed by atoms with Gasteiger partial charge in [0.25, 0.3) is 0 Å². The van der Waals surface area contributed by atoms with Crippen LogP contribution in [0.3, 0.4) is 0 Å². The number of rotatable bonds is 24. The normalized spacial score (nSPS) is 12.5. The van der Waals surface area contributed by atoms with Crippen LogP contribution in [-0.4, -0.2) is 34.8 Å². The van der Waals surface area contributed by atoms with Crippen molar-refractivity contribution in [2.75, 3.05) is 19.8 Å². The number of benzene rings is 3. The van der Waals surface area contributed by atoms with Gasteiger partial charge in [0.1, 0.15) is 5.75 Å². The van der Waals surface area contributed by atoms with Gasteiger partial charge in [-0.1, -0.05) is 98.8 Å². The predicted octanol–water partition coefficient (Wildman–Crippen LogP) is 11.3. The number of unbranched alkanes of at least 4 members (excludes halogenated alkanes) is 9. The molecular weight excluding hydrogens is 730 g/mol. The van der Waals surface area contributed by atoms with Gasteiger partial charge in [0.15, 0.2) is 0 Å². The van der Waals surface area contributed by atoms with Crippen LogP contribution < -0.4 is 9.84 Å². The monoisotopic (exact) mass is 778 g/mol. The minimum absolute atomic E-state index is 0.0397. The van der Waals surface area contributed by atoms with E-state index in [0.29, 0.717) is 23.7 Å². The Labute approximate surface area is 322 Å². The number of aryl methyl sites for hydroxylation is 2. The average Bonchev–Trinajstić information content (AvgIpc) is 3.71. The molecule has 0 saturated carbocycles. The minimum Gasteiger partial charge on any atom is -0.404 e. The summed E-state index contributed by atoms with van der Waals surface area (Å²) in [5.41, 5.74) is 3.36. The van der Waals surface area contributed by atoms with Crippen molar-refractivity contribution in [1.82, 2.24) is 14.5 Å². The van der Waals surface area contributed by atoms with E-state index in [1.54, 1.807) is 24.3 Å². The Balaban J connectivity index is 0.906. The fourth-order valence-electron chi connectivity index (χ4n) is 6.46. The Morgan fingerprint density at radius 3 is 2.23 bits per heavy atom. The number of nitrogens with one attached hydrogen (secondary N) is 1. The molecule has 2 aromatic heterocycles. The maximum Gasteiger partial charge on any atom is 0.530 e. The summed E-state index contributed by atoms with van der Waals surface area (Å²) >= 11 is 12.2. The van der Waals surface area contributed by atoms with Crippen LogP contribution >= 0.6 is 31.0 Å². The minimum atomic E-state index is -3.86. The lowest BCUT2D eigenvalue weighted by molar-refractivity contribution is -0.120. The molecule has 0 saturated heterocycles. The van der Waals surface area contributed by atoms with E-state index in [1.807, 2.05) is 30.3 Å². The van der Waals surface area contributed by atoms with Crippen LogP contribution in [0.1, 0.15) is 76.2 Å². The second kappa shape index (κ2) is 21.2. The number of nitriles is 1. The van der Waals surface area contributed by atoms with Gasteiger partial charge in [0.05, 0.1) is 32.1 Å². The Kier molecular flexibility index (Phi) is 16.2. The fraction of sp³-hybridized carbons (Fsp3) is 0.415. The summed E-state index contributed by atoms with van der Waals surface area (Å²) in [5.74, 6) is 0.356. The number of hydrogen-bond donors (Lipinski definition) is 1. The molecule has 0 spiro atoms. The third-order valence-corrected chi connectivity index (χ3v) is 11.1. The molecule has 5 aromatic rings. The molecule has 0 radical (unpaired) electrons. The first-order valence-electron chi connectivity index (χ1n) is 18.6. The van der Waals surface area contributed by atoms with Gasteiger partial charge in [-0.2, -0.15) is 5.26 Å². The average molecular weight is 780 g/mol. The number of carbonyl (C=O) groups excluding carboxylic acids is 1. The number of fused-ring (bicyclic) bond motifs is 2. The highest BCUT2D eigenvalue weighted by atomic mass is 35.5. The quantitative estimate of drug-likeness (QED) is 0.0493. The molecule has 1 N–H and O–H groups in total. The summed E-state index contributed by atoms with van der Waals surface area (Å²) in [4.78, 5) is 12.9. The lowest BCUT2D eigenvalue weighted by atomic mass is 10.1. The number of carbonyl (C=O) groups is 1. The van der Waals surface area contributed by atoms with Gasteiger partial charge < -0.3 is 19.0 Å². The number of hydrogen-bond acceptors (Lipinski definition) is 6. The molecule has 53 heavy (non-hydrogen) atoms. The summed E-state index contributed by atoms with van der Waals surface area (Å²) in [6.45, 7) is 2.53. The number of para-hydroxylation sites is 1. The maximum atomic E-state index is 13.1. The molecule has 5 rings (SSSR count). The van der Waals surface area contributed by atoms with Crippen LogP contribution in [0.2, 0.25) is 10.0 Å². The molecule has 282 valence electrons. The SMILES string of the molecule is N#CCCOP(=O)(OCCCCCCCCCCCCNC(=O)Cc1cn(CCn2ccc3cc(Cl)ccc32)c2ccccc12)Oc1cccc(Cl)c1. The van der Waals surface area contributed by atoms with Gasteiger partial charge in [0, 0.05) is 63.9 Å². The second-order valence-corrected chi connectivity index (χ2v) is 15.7. The largest absolute Gasteiger partial charge is 0.530 e. The van der Waals surface area contributed by atoms with E-state index in [0.717, 1.165) is 90.4 Å². The topological polar surface area (TPSA) is 108 Å². The van der Waals surface area contributed by atoms with Crippen molar-refractivity contribution in [2.24, 2.45) is 0 Å². The molecule has 0 aliphatic carbocycles. The van der Waals surface area contributed by atoms with E-state index in [2.05, 4.69) is 51.1 Å². The van der Waals surface area contributed by atoms with Crippen LogP contribution in [0.15, 0.2) is 85.2 Å². The summed E-state index contributed by atoms with van der Waals surface area (Å²) < 4.78 is 33.9. The van der Waals surface area contributed by atoms with Crippen molar-refractivity contribution in [3.05, 3.63) is 101 Å². The number of aromatic nitrogens is 2. The van der Waals surface area contributed by atoms with Crippen LogP contribution in [0.25, 0.3) is 21.8 Å². The summed E-state index contributed by atoms with van der Waals surface area (Å²) in [6.07, 6.45) is 15.4. The lowest BCUT2D eigenvalue weighted by Crippen LogP contribution is -2.26.